The molecule has 9 heteroatoms. The molecule has 0 aliphatic rings. The Labute approximate surface area is 124 Å². The zero-order chi connectivity index (χ0) is 16.0. The van der Waals surface area contributed by atoms with Crippen molar-refractivity contribution < 1.29 is 23.1 Å². The number of aryl methyl sites for hydroxylation is 2. The molecule has 0 bridgehead atoms. The van der Waals surface area contributed by atoms with E-state index in [4.69, 9.17) is 9.84 Å². The molecule has 21 heavy (non-hydrogen) atoms. The molecule has 0 fully saturated rings. The highest BCUT2D eigenvalue weighted by molar-refractivity contribution is 7.89. The molecule has 1 aromatic heterocycles. The topological polar surface area (TPSA) is 111 Å². The van der Waals surface area contributed by atoms with Crippen LogP contribution in [0.1, 0.15) is 24.2 Å². The number of hydrogen-bond acceptors (Lipinski definition) is 5. The molecular formula is C12H21N3O5S. The van der Waals surface area contributed by atoms with E-state index in [1.165, 1.54) is 4.68 Å². The van der Waals surface area contributed by atoms with Crippen LogP contribution < -0.4 is 4.72 Å². The first-order valence-electron chi connectivity index (χ1n) is 6.54. The van der Waals surface area contributed by atoms with Crippen LogP contribution in [0.2, 0.25) is 0 Å². The second kappa shape index (κ2) is 7.53. The van der Waals surface area contributed by atoms with Crippen molar-refractivity contribution in [1.82, 2.24) is 14.5 Å². The van der Waals surface area contributed by atoms with Gasteiger partial charge in [-0.15, -0.1) is 0 Å². The number of carboxylic acid groups (broad SMARTS) is 1. The molecule has 1 aromatic rings. The summed E-state index contributed by atoms with van der Waals surface area (Å²) >= 11 is 0. The van der Waals surface area contributed by atoms with E-state index in [0.29, 0.717) is 24.4 Å². The van der Waals surface area contributed by atoms with Gasteiger partial charge in [-0.25, -0.2) is 13.1 Å². The monoisotopic (exact) mass is 319 g/mol. The fourth-order valence-electron chi connectivity index (χ4n) is 1.98. The zero-order valence-corrected chi connectivity index (χ0v) is 13.2. The van der Waals surface area contributed by atoms with Gasteiger partial charge in [-0.05, 0) is 20.3 Å². The van der Waals surface area contributed by atoms with Crippen LogP contribution in [-0.2, 0) is 26.1 Å². The highest BCUT2D eigenvalue weighted by Gasteiger charge is 2.24. The van der Waals surface area contributed by atoms with E-state index in [1.54, 1.807) is 21.0 Å². The minimum Gasteiger partial charge on any atom is -0.481 e. The summed E-state index contributed by atoms with van der Waals surface area (Å²) in [4.78, 5) is 10.7. The quantitative estimate of drug-likeness (QED) is 0.633. The van der Waals surface area contributed by atoms with E-state index in [0.717, 1.165) is 0 Å². The summed E-state index contributed by atoms with van der Waals surface area (Å²) in [6, 6.07) is 0. The van der Waals surface area contributed by atoms with Crippen LogP contribution in [-0.4, -0.2) is 49.5 Å². The molecule has 0 aromatic carbocycles. The lowest BCUT2D eigenvalue weighted by molar-refractivity contribution is -0.137. The number of aromatic nitrogens is 2. The van der Waals surface area contributed by atoms with Gasteiger partial charge in [-0.3, -0.25) is 9.48 Å². The first-order valence-corrected chi connectivity index (χ1v) is 8.02. The summed E-state index contributed by atoms with van der Waals surface area (Å²) in [5.74, 6) is -0.954. The average molecular weight is 319 g/mol. The lowest BCUT2D eigenvalue weighted by atomic mass is 10.4. The number of carbonyl (C=O) groups is 1. The normalized spacial score (nSPS) is 11.8. The van der Waals surface area contributed by atoms with Gasteiger partial charge in [0.2, 0.25) is 10.0 Å². The van der Waals surface area contributed by atoms with Crippen molar-refractivity contribution in [2.24, 2.45) is 0 Å². The predicted molar refractivity (Wildman–Crippen MR) is 75.6 cm³/mol. The number of ether oxygens (including phenoxy) is 1. The molecule has 0 spiro atoms. The molecule has 1 heterocycles. The number of aliphatic carboxylic acids is 1. The number of sulfonamides is 1. The van der Waals surface area contributed by atoms with E-state index in [1.807, 2.05) is 0 Å². The van der Waals surface area contributed by atoms with Crippen LogP contribution in [0.15, 0.2) is 4.90 Å². The maximum Gasteiger partial charge on any atom is 0.305 e. The zero-order valence-electron chi connectivity index (χ0n) is 12.4. The Bertz CT molecular complexity index is 594. The Morgan fingerprint density at radius 1 is 1.43 bits per heavy atom. The van der Waals surface area contributed by atoms with Gasteiger partial charge in [0.05, 0.1) is 24.4 Å². The number of nitrogens with one attached hydrogen (secondary N) is 1. The first-order chi connectivity index (χ1) is 9.79. The van der Waals surface area contributed by atoms with Gasteiger partial charge >= 0.3 is 5.97 Å². The van der Waals surface area contributed by atoms with Gasteiger partial charge in [0.1, 0.15) is 4.90 Å². The minimum absolute atomic E-state index is 0.108. The van der Waals surface area contributed by atoms with Crippen molar-refractivity contribution >= 4 is 16.0 Å². The van der Waals surface area contributed by atoms with Gasteiger partial charge in [-0.2, -0.15) is 5.10 Å². The highest BCUT2D eigenvalue weighted by Crippen LogP contribution is 2.19. The molecule has 0 radical (unpaired) electrons. The largest absolute Gasteiger partial charge is 0.481 e. The number of rotatable bonds is 9. The molecule has 0 aliphatic carbocycles. The number of methoxy groups -OCH3 is 1. The number of nitrogens with zero attached hydrogens (tertiary/aromatic N) is 2. The molecule has 1 rings (SSSR count). The van der Waals surface area contributed by atoms with E-state index in [-0.39, 0.29) is 24.4 Å². The van der Waals surface area contributed by atoms with Crippen LogP contribution in [0.3, 0.4) is 0 Å². The molecular weight excluding hydrogens is 298 g/mol. The van der Waals surface area contributed by atoms with Gasteiger partial charge in [-0.1, -0.05) is 0 Å². The third kappa shape index (κ3) is 4.80. The Kier molecular flexibility index (Phi) is 6.31. The molecule has 0 unspecified atom stereocenters. The summed E-state index contributed by atoms with van der Waals surface area (Å²) < 4.78 is 33.3. The first kappa shape index (κ1) is 17.6. The summed E-state index contributed by atoms with van der Waals surface area (Å²) in [6.07, 6.45) is 0.462. The smallest absolute Gasteiger partial charge is 0.305 e. The van der Waals surface area contributed by atoms with Crippen molar-refractivity contribution in [3.05, 3.63) is 11.4 Å². The maximum absolute atomic E-state index is 12.3. The summed E-state index contributed by atoms with van der Waals surface area (Å²) in [6.45, 7) is 4.09. The van der Waals surface area contributed by atoms with Crippen molar-refractivity contribution in [2.45, 2.75) is 38.1 Å². The van der Waals surface area contributed by atoms with Crippen molar-refractivity contribution in [1.29, 1.82) is 0 Å². The van der Waals surface area contributed by atoms with E-state index >= 15 is 0 Å². The number of hydrogen-bond donors (Lipinski definition) is 2. The Morgan fingerprint density at radius 3 is 2.67 bits per heavy atom. The molecule has 0 amide bonds. The van der Waals surface area contributed by atoms with Crippen molar-refractivity contribution in [3.8, 4) is 0 Å². The highest BCUT2D eigenvalue weighted by atomic mass is 32.2. The third-order valence-corrected chi connectivity index (χ3v) is 4.65. The van der Waals surface area contributed by atoms with E-state index in [9.17, 15) is 13.2 Å². The lowest BCUT2D eigenvalue weighted by Gasteiger charge is -2.07. The third-order valence-electron chi connectivity index (χ3n) is 2.94. The molecule has 2 N–H and O–H groups in total. The Balaban J connectivity index is 2.88. The van der Waals surface area contributed by atoms with Gasteiger partial charge in [0.25, 0.3) is 0 Å². The van der Waals surface area contributed by atoms with Crippen LogP contribution in [0, 0.1) is 13.8 Å². The average Bonchev–Trinajstić information content (AvgIpc) is 2.67. The molecule has 0 saturated carbocycles. The molecule has 0 atom stereocenters. The van der Waals surface area contributed by atoms with Crippen LogP contribution >= 0.6 is 0 Å². The molecule has 8 nitrogen and oxygen atoms in total. The van der Waals surface area contributed by atoms with Crippen LogP contribution in [0.4, 0.5) is 0 Å². The fourth-order valence-corrected chi connectivity index (χ4v) is 3.47. The van der Waals surface area contributed by atoms with Gasteiger partial charge in [0.15, 0.2) is 0 Å². The van der Waals surface area contributed by atoms with E-state index < -0.39 is 16.0 Å². The maximum atomic E-state index is 12.3. The SMILES string of the molecule is COCCCNS(=O)(=O)c1c(C)nn(CCC(=O)O)c1C. The fraction of sp³-hybridized carbons (Fsp3) is 0.667. The van der Waals surface area contributed by atoms with Gasteiger partial charge < -0.3 is 9.84 Å². The Morgan fingerprint density at radius 2 is 2.10 bits per heavy atom. The van der Waals surface area contributed by atoms with Crippen LogP contribution in [0.25, 0.3) is 0 Å². The molecule has 120 valence electrons. The second-order valence-corrected chi connectivity index (χ2v) is 6.31. The summed E-state index contributed by atoms with van der Waals surface area (Å²) in [5, 5.41) is 12.8. The van der Waals surface area contributed by atoms with Crippen molar-refractivity contribution in [2.75, 3.05) is 20.3 Å². The Hall–Kier alpha value is -1.45. The minimum atomic E-state index is -3.66. The van der Waals surface area contributed by atoms with E-state index in [2.05, 4.69) is 9.82 Å². The second-order valence-electron chi connectivity index (χ2n) is 4.61. The van der Waals surface area contributed by atoms with Crippen LogP contribution in [0.5, 0.6) is 0 Å². The van der Waals surface area contributed by atoms with Gasteiger partial charge in [0, 0.05) is 20.3 Å². The van der Waals surface area contributed by atoms with Crippen molar-refractivity contribution in [3.63, 3.8) is 0 Å². The summed E-state index contributed by atoms with van der Waals surface area (Å²) in [7, 11) is -2.11. The number of carboxylic acids is 1. The molecule has 0 aliphatic heterocycles. The molecule has 0 saturated heterocycles. The lowest BCUT2D eigenvalue weighted by Crippen LogP contribution is -2.26. The standard InChI is InChI=1S/C12H21N3O5S/c1-9-12(21(18,19)13-6-4-8-20-3)10(2)15(14-9)7-5-11(16)17/h13H,4-8H2,1-3H3,(H,16,17). The predicted octanol–water partition coefficient (Wildman–Crippen LogP) is 0.289. The summed E-state index contributed by atoms with van der Waals surface area (Å²) in [5.41, 5.74) is 0.796.